The number of carboxylic acid groups (broad SMARTS) is 1. The maximum atomic E-state index is 12.0. The van der Waals surface area contributed by atoms with Crippen LogP contribution in [0.1, 0.15) is 39.0 Å². The Balaban J connectivity index is 2.58. The molecule has 1 aliphatic carbocycles. The average molecular weight is 242 g/mol. The van der Waals surface area contributed by atoms with Crippen molar-refractivity contribution in [3.05, 3.63) is 0 Å². The molecule has 0 aromatic carbocycles. The summed E-state index contributed by atoms with van der Waals surface area (Å²) in [6, 6.07) is -0.775. The van der Waals surface area contributed by atoms with Crippen molar-refractivity contribution in [1.82, 2.24) is 5.32 Å². The largest absolute Gasteiger partial charge is 0.480 e. The Labute approximate surface area is 102 Å². The lowest BCUT2D eigenvalue weighted by molar-refractivity contribution is -0.143. The Morgan fingerprint density at radius 3 is 2.59 bits per heavy atom. The molecule has 98 valence electrons. The Morgan fingerprint density at radius 2 is 2.06 bits per heavy atom. The maximum absolute atomic E-state index is 12.0. The summed E-state index contributed by atoms with van der Waals surface area (Å²) in [6.45, 7) is 2.25. The van der Waals surface area contributed by atoms with Crippen molar-refractivity contribution in [3.63, 3.8) is 0 Å². The summed E-state index contributed by atoms with van der Waals surface area (Å²) in [5, 5.41) is 11.5. The van der Waals surface area contributed by atoms with Crippen LogP contribution in [0.2, 0.25) is 0 Å². The lowest BCUT2D eigenvalue weighted by atomic mass is 9.78. The summed E-state index contributed by atoms with van der Waals surface area (Å²) in [6.07, 6.45) is 4.34. The van der Waals surface area contributed by atoms with Crippen molar-refractivity contribution in [2.24, 2.45) is 17.6 Å². The third-order valence-corrected chi connectivity index (χ3v) is 3.57. The first-order valence-corrected chi connectivity index (χ1v) is 6.33. The fourth-order valence-electron chi connectivity index (χ4n) is 2.45. The Kier molecular flexibility index (Phi) is 5.41. The second kappa shape index (κ2) is 6.59. The maximum Gasteiger partial charge on any atom is 0.326 e. The lowest BCUT2D eigenvalue weighted by Gasteiger charge is -2.30. The number of amides is 1. The van der Waals surface area contributed by atoms with Gasteiger partial charge in [0.15, 0.2) is 0 Å². The molecule has 1 rings (SSSR count). The van der Waals surface area contributed by atoms with Gasteiger partial charge in [-0.25, -0.2) is 4.79 Å². The van der Waals surface area contributed by atoms with E-state index in [1.807, 2.05) is 0 Å². The molecule has 0 aliphatic heterocycles. The van der Waals surface area contributed by atoms with E-state index in [0.717, 1.165) is 25.7 Å². The van der Waals surface area contributed by atoms with Crippen LogP contribution >= 0.6 is 0 Å². The standard InChI is InChI=1S/C12H22N2O3/c1-2-10(12(16)17)14-11(15)9-6-4-3-5-8(9)7-13/h8-10H,2-7,13H2,1H3,(H,14,15)(H,16,17). The molecule has 1 saturated carbocycles. The van der Waals surface area contributed by atoms with E-state index in [2.05, 4.69) is 5.32 Å². The minimum Gasteiger partial charge on any atom is -0.480 e. The molecule has 0 aromatic rings. The van der Waals surface area contributed by atoms with E-state index >= 15 is 0 Å². The highest BCUT2D eigenvalue weighted by Gasteiger charge is 2.31. The van der Waals surface area contributed by atoms with E-state index < -0.39 is 12.0 Å². The highest BCUT2D eigenvalue weighted by atomic mass is 16.4. The predicted molar refractivity (Wildman–Crippen MR) is 64.4 cm³/mol. The van der Waals surface area contributed by atoms with Gasteiger partial charge >= 0.3 is 5.97 Å². The number of aliphatic carboxylic acids is 1. The third kappa shape index (κ3) is 3.70. The molecule has 0 radical (unpaired) electrons. The van der Waals surface area contributed by atoms with Gasteiger partial charge in [-0.05, 0) is 31.7 Å². The van der Waals surface area contributed by atoms with Crippen LogP contribution in [0, 0.1) is 11.8 Å². The minimum absolute atomic E-state index is 0.109. The molecule has 1 amide bonds. The fourth-order valence-corrected chi connectivity index (χ4v) is 2.45. The Hall–Kier alpha value is -1.10. The van der Waals surface area contributed by atoms with Crippen LogP contribution in [0.5, 0.6) is 0 Å². The minimum atomic E-state index is -0.971. The molecule has 0 spiro atoms. The molecule has 0 heterocycles. The molecular formula is C12H22N2O3. The molecule has 1 aliphatic rings. The first kappa shape index (κ1) is 14.0. The number of rotatable bonds is 5. The van der Waals surface area contributed by atoms with E-state index in [1.165, 1.54) is 0 Å². The lowest BCUT2D eigenvalue weighted by Crippen LogP contribution is -2.46. The number of hydrogen-bond donors (Lipinski definition) is 3. The van der Waals surface area contributed by atoms with Crippen LogP contribution in [-0.2, 0) is 9.59 Å². The molecule has 5 nitrogen and oxygen atoms in total. The Bertz CT molecular complexity index is 281. The van der Waals surface area contributed by atoms with Gasteiger partial charge in [0, 0.05) is 5.92 Å². The van der Waals surface area contributed by atoms with Gasteiger partial charge in [0.25, 0.3) is 0 Å². The predicted octanol–water partition coefficient (Wildman–Crippen LogP) is 0.731. The quantitative estimate of drug-likeness (QED) is 0.662. The van der Waals surface area contributed by atoms with Gasteiger partial charge in [0.1, 0.15) is 6.04 Å². The van der Waals surface area contributed by atoms with Gasteiger partial charge in [-0.3, -0.25) is 4.79 Å². The number of nitrogens with one attached hydrogen (secondary N) is 1. The summed E-state index contributed by atoms with van der Waals surface area (Å²) < 4.78 is 0. The summed E-state index contributed by atoms with van der Waals surface area (Å²) in [7, 11) is 0. The van der Waals surface area contributed by atoms with E-state index in [4.69, 9.17) is 10.8 Å². The molecular weight excluding hydrogens is 220 g/mol. The van der Waals surface area contributed by atoms with Gasteiger partial charge in [-0.1, -0.05) is 19.8 Å². The van der Waals surface area contributed by atoms with Crippen LogP contribution in [0.4, 0.5) is 0 Å². The first-order valence-electron chi connectivity index (χ1n) is 6.33. The van der Waals surface area contributed by atoms with E-state index in [0.29, 0.717) is 13.0 Å². The fraction of sp³-hybridized carbons (Fsp3) is 0.833. The molecule has 1 fully saturated rings. The summed E-state index contributed by atoms with van der Waals surface area (Å²) in [5.41, 5.74) is 5.66. The molecule has 4 N–H and O–H groups in total. The molecule has 17 heavy (non-hydrogen) atoms. The van der Waals surface area contributed by atoms with Gasteiger partial charge in [-0.2, -0.15) is 0 Å². The van der Waals surface area contributed by atoms with Gasteiger partial charge in [-0.15, -0.1) is 0 Å². The first-order chi connectivity index (χ1) is 8.10. The van der Waals surface area contributed by atoms with Crippen molar-refractivity contribution >= 4 is 11.9 Å². The summed E-state index contributed by atoms with van der Waals surface area (Å²) in [5.74, 6) is -1.02. The molecule has 5 heteroatoms. The van der Waals surface area contributed by atoms with Gasteiger partial charge < -0.3 is 16.2 Å². The van der Waals surface area contributed by atoms with Crippen LogP contribution in [0.25, 0.3) is 0 Å². The SMILES string of the molecule is CCC(NC(=O)C1CCCCC1CN)C(=O)O. The second-order valence-electron chi connectivity index (χ2n) is 4.69. The van der Waals surface area contributed by atoms with Crippen molar-refractivity contribution in [2.75, 3.05) is 6.54 Å². The van der Waals surface area contributed by atoms with Crippen LogP contribution < -0.4 is 11.1 Å². The van der Waals surface area contributed by atoms with Gasteiger partial charge in [0.05, 0.1) is 0 Å². The molecule has 0 bridgehead atoms. The van der Waals surface area contributed by atoms with Crippen molar-refractivity contribution in [2.45, 2.75) is 45.1 Å². The molecule has 3 unspecified atom stereocenters. The van der Waals surface area contributed by atoms with E-state index in [-0.39, 0.29) is 17.7 Å². The van der Waals surface area contributed by atoms with Crippen molar-refractivity contribution in [1.29, 1.82) is 0 Å². The molecule has 0 aromatic heterocycles. The zero-order valence-electron chi connectivity index (χ0n) is 10.3. The average Bonchev–Trinajstić information content (AvgIpc) is 2.35. The number of carbonyl (C=O) groups is 2. The van der Waals surface area contributed by atoms with E-state index in [1.54, 1.807) is 6.92 Å². The Morgan fingerprint density at radius 1 is 1.41 bits per heavy atom. The smallest absolute Gasteiger partial charge is 0.326 e. The summed E-state index contributed by atoms with van der Waals surface area (Å²) in [4.78, 5) is 22.9. The van der Waals surface area contributed by atoms with Crippen LogP contribution in [0.15, 0.2) is 0 Å². The van der Waals surface area contributed by atoms with E-state index in [9.17, 15) is 9.59 Å². The van der Waals surface area contributed by atoms with Gasteiger partial charge in [0.2, 0.25) is 5.91 Å². The molecule has 0 saturated heterocycles. The zero-order chi connectivity index (χ0) is 12.8. The van der Waals surface area contributed by atoms with Crippen LogP contribution in [0.3, 0.4) is 0 Å². The number of hydrogen-bond acceptors (Lipinski definition) is 3. The van der Waals surface area contributed by atoms with Crippen LogP contribution in [-0.4, -0.2) is 29.6 Å². The zero-order valence-corrected chi connectivity index (χ0v) is 10.3. The third-order valence-electron chi connectivity index (χ3n) is 3.57. The summed E-state index contributed by atoms with van der Waals surface area (Å²) >= 11 is 0. The monoisotopic (exact) mass is 242 g/mol. The number of carboxylic acids is 1. The highest BCUT2D eigenvalue weighted by molar-refractivity contribution is 5.85. The second-order valence-corrected chi connectivity index (χ2v) is 4.69. The topological polar surface area (TPSA) is 92.4 Å². The number of nitrogens with two attached hydrogens (primary N) is 1. The normalized spacial score (nSPS) is 26.2. The van der Waals surface area contributed by atoms with Crippen molar-refractivity contribution < 1.29 is 14.7 Å². The van der Waals surface area contributed by atoms with Crippen molar-refractivity contribution in [3.8, 4) is 0 Å². The highest BCUT2D eigenvalue weighted by Crippen LogP contribution is 2.29. The molecule has 3 atom stereocenters. The number of carbonyl (C=O) groups excluding carboxylic acids is 1.